The van der Waals surface area contributed by atoms with Crippen LogP contribution >= 0.6 is 39.3 Å². The van der Waals surface area contributed by atoms with Crippen LogP contribution in [0.2, 0.25) is 5.02 Å². The second kappa shape index (κ2) is 9.45. The first-order chi connectivity index (χ1) is 13.5. The lowest BCUT2D eigenvalue weighted by Crippen LogP contribution is -2.13. The van der Waals surface area contributed by atoms with Crippen molar-refractivity contribution in [1.29, 1.82) is 0 Å². The highest BCUT2D eigenvalue weighted by atomic mass is 79.9. The highest BCUT2D eigenvalue weighted by Gasteiger charge is 2.13. The molecule has 1 N–H and O–H groups in total. The molecular formula is C21H16BrClFNO2S. The number of halogens is 3. The Labute approximate surface area is 180 Å². The van der Waals surface area contributed by atoms with Crippen LogP contribution in [0.3, 0.4) is 0 Å². The number of hydrogen-bond acceptors (Lipinski definition) is 3. The van der Waals surface area contributed by atoms with E-state index in [-0.39, 0.29) is 11.6 Å². The Morgan fingerprint density at radius 3 is 2.57 bits per heavy atom. The maximum absolute atomic E-state index is 14.0. The average Bonchev–Trinajstić information content (AvgIpc) is 2.69. The lowest BCUT2D eigenvalue weighted by molar-refractivity contribution is 0.102. The molecule has 0 fully saturated rings. The van der Waals surface area contributed by atoms with Crippen molar-refractivity contribution in [1.82, 2.24) is 0 Å². The molecule has 0 spiro atoms. The molecule has 144 valence electrons. The zero-order valence-corrected chi connectivity index (χ0v) is 18.0. The van der Waals surface area contributed by atoms with Crippen molar-refractivity contribution in [3.05, 3.63) is 87.1 Å². The predicted molar refractivity (Wildman–Crippen MR) is 116 cm³/mol. The molecule has 0 saturated heterocycles. The van der Waals surface area contributed by atoms with E-state index in [4.69, 9.17) is 16.3 Å². The third-order valence-corrected chi connectivity index (χ3v) is 5.74. The Morgan fingerprint density at radius 2 is 1.89 bits per heavy atom. The van der Waals surface area contributed by atoms with Gasteiger partial charge in [-0.25, -0.2) is 4.39 Å². The number of amides is 1. The van der Waals surface area contributed by atoms with Gasteiger partial charge in [0.25, 0.3) is 5.91 Å². The molecule has 3 aromatic carbocycles. The van der Waals surface area contributed by atoms with Crippen LogP contribution in [-0.4, -0.2) is 13.0 Å². The Morgan fingerprint density at radius 1 is 1.14 bits per heavy atom. The molecule has 28 heavy (non-hydrogen) atoms. The standard InChI is InChI=1S/C21H16BrClFNO2S/c1-27-20-9-2-13(21(26)25-19-8-3-15(22)11-18(19)24)10-14(20)12-28-17-6-4-16(23)5-7-17/h2-11H,12H2,1H3,(H,25,26). The van der Waals surface area contributed by atoms with Crippen molar-refractivity contribution < 1.29 is 13.9 Å². The summed E-state index contributed by atoms with van der Waals surface area (Å²) in [6.07, 6.45) is 0. The van der Waals surface area contributed by atoms with Gasteiger partial charge in [-0.2, -0.15) is 0 Å². The van der Waals surface area contributed by atoms with Crippen LogP contribution in [-0.2, 0) is 5.75 Å². The number of benzene rings is 3. The Kier molecular flexibility index (Phi) is 6.99. The van der Waals surface area contributed by atoms with Crippen molar-refractivity contribution in [3.8, 4) is 5.75 Å². The van der Waals surface area contributed by atoms with Gasteiger partial charge in [-0.05, 0) is 60.7 Å². The van der Waals surface area contributed by atoms with Crippen LogP contribution in [0.4, 0.5) is 10.1 Å². The van der Waals surface area contributed by atoms with E-state index in [1.54, 1.807) is 43.1 Å². The van der Waals surface area contributed by atoms with Gasteiger partial charge in [0.15, 0.2) is 0 Å². The van der Waals surface area contributed by atoms with E-state index in [1.165, 1.54) is 12.1 Å². The molecule has 3 nitrogen and oxygen atoms in total. The third-order valence-electron chi connectivity index (χ3n) is 3.93. The summed E-state index contributed by atoms with van der Waals surface area (Å²) in [7, 11) is 1.59. The van der Waals surface area contributed by atoms with Gasteiger partial charge in [0.05, 0.1) is 12.8 Å². The van der Waals surface area contributed by atoms with Gasteiger partial charge in [-0.15, -0.1) is 11.8 Å². The molecule has 1 amide bonds. The van der Waals surface area contributed by atoms with E-state index in [0.717, 1.165) is 10.5 Å². The van der Waals surface area contributed by atoms with Crippen molar-refractivity contribution in [2.45, 2.75) is 10.6 Å². The molecule has 3 aromatic rings. The van der Waals surface area contributed by atoms with Gasteiger partial charge < -0.3 is 10.1 Å². The van der Waals surface area contributed by atoms with Crippen molar-refractivity contribution in [3.63, 3.8) is 0 Å². The molecule has 0 radical (unpaired) electrons. The minimum atomic E-state index is -0.505. The van der Waals surface area contributed by atoms with Gasteiger partial charge in [0.2, 0.25) is 0 Å². The first-order valence-corrected chi connectivity index (χ1v) is 10.4. The minimum absolute atomic E-state index is 0.126. The maximum atomic E-state index is 14.0. The summed E-state index contributed by atoms with van der Waals surface area (Å²) in [5, 5.41) is 3.28. The summed E-state index contributed by atoms with van der Waals surface area (Å²) in [4.78, 5) is 13.6. The predicted octanol–water partition coefficient (Wildman–Crippen LogP) is 6.79. The smallest absolute Gasteiger partial charge is 0.255 e. The molecule has 7 heteroatoms. The summed E-state index contributed by atoms with van der Waals surface area (Å²) in [5.41, 5.74) is 1.42. The molecular weight excluding hydrogens is 465 g/mol. The topological polar surface area (TPSA) is 38.3 Å². The van der Waals surface area contributed by atoms with Crippen LogP contribution < -0.4 is 10.1 Å². The Balaban J connectivity index is 1.77. The quantitative estimate of drug-likeness (QED) is 0.395. The highest BCUT2D eigenvalue weighted by molar-refractivity contribution is 9.10. The van der Waals surface area contributed by atoms with Crippen molar-refractivity contribution in [2.24, 2.45) is 0 Å². The van der Waals surface area contributed by atoms with Crippen LogP contribution in [0.5, 0.6) is 5.75 Å². The summed E-state index contributed by atoms with van der Waals surface area (Å²) >= 11 is 10.7. The van der Waals surface area contributed by atoms with Crippen LogP contribution in [0.15, 0.2) is 70.0 Å². The average molecular weight is 481 g/mol. The molecule has 0 bridgehead atoms. The number of carbonyl (C=O) groups is 1. The van der Waals surface area contributed by atoms with Gasteiger partial charge in [-0.3, -0.25) is 4.79 Å². The summed E-state index contributed by atoms with van der Waals surface area (Å²) in [5.74, 6) is 0.405. The lowest BCUT2D eigenvalue weighted by atomic mass is 10.1. The molecule has 0 aromatic heterocycles. The fourth-order valence-electron chi connectivity index (χ4n) is 2.51. The summed E-state index contributed by atoms with van der Waals surface area (Å²) < 4.78 is 20.0. The number of rotatable bonds is 6. The highest BCUT2D eigenvalue weighted by Crippen LogP contribution is 2.30. The Hall–Kier alpha value is -2.02. The van der Waals surface area contributed by atoms with Gasteiger partial charge >= 0.3 is 0 Å². The third kappa shape index (κ3) is 5.28. The zero-order chi connectivity index (χ0) is 20.1. The largest absolute Gasteiger partial charge is 0.496 e. The van der Waals surface area contributed by atoms with Crippen molar-refractivity contribution in [2.75, 3.05) is 12.4 Å². The second-order valence-electron chi connectivity index (χ2n) is 5.85. The van der Waals surface area contributed by atoms with Gasteiger partial charge in [0, 0.05) is 31.3 Å². The number of ether oxygens (including phenoxy) is 1. The van der Waals surface area contributed by atoms with E-state index in [9.17, 15) is 9.18 Å². The second-order valence-corrected chi connectivity index (χ2v) is 8.25. The first kappa shape index (κ1) is 20.7. The Bertz CT molecular complexity index is 998. The molecule has 0 saturated carbocycles. The van der Waals surface area contributed by atoms with Crippen LogP contribution in [0, 0.1) is 5.82 Å². The normalized spacial score (nSPS) is 10.6. The fraction of sp³-hybridized carbons (Fsp3) is 0.0952. The molecule has 0 aliphatic rings. The van der Waals surface area contributed by atoms with Crippen LogP contribution in [0.25, 0.3) is 0 Å². The molecule has 0 aliphatic heterocycles. The van der Waals surface area contributed by atoms with E-state index >= 15 is 0 Å². The van der Waals surface area contributed by atoms with Crippen LogP contribution in [0.1, 0.15) is 15.9 Å². The lowest BCUT2D eigenvalue weighted by Gasteiger charge is -2.12. The van der Waals surface area contributed by atoms with E-state index < -0.39 is 5.82 Å². The fourth-order valence-corrected chi connectivity index (χ4v) is 3.85. The van der Waals surface area contributed by atoms with Gasteiger partial charge in [0.1, 0.15) is 11.6 Å². The number of nitrogens with one attached hydrogen (secondary N) is 1. The molecule has 3 rings (SSSR count). The molecule has 0 atom stereocenters. The molecule has 0 unspecified atom stereocenters. The maximum Gasteiger partial charge on any atom is 0.255 e. The number of carbonyl (C=O) groups excluding carboxylic acids is 1. The summed E-state index contributed by atoms with van der Waals surface area (Å²) in [6.45, 7) is 0. The zero-order valence-electron chi connectivity index (χ0n) is 14.8. The van der Waals surface area contributed by atoms with E-state index in [1.807, 2.05) is 24.3 Å². The molecule has 0 aliphatic carbocycles. The van der Waals surface area contributed by atoms with E-state index in [0.29, 0.717) is 26.6 Å². The van der Waals surface area contributed by atoms with Crippen molar-refractivity contribution >= 4 is 50.9 Å². The SMILES string of the molecule is COc1ccc(C(=O)Nc2ccc(Br)cc2F)cc1CSc1ccc(Cl)cc1. The number of methoxy groups -OCH3 is 1. The molecule has 0 heterocycles. The summed E-state index contributed by atoms with van der Waals surface area (Å²) in [6, 6.07) is 17.2. The minimum Gasteiger partial charge on any atom is -0.496 e. The number of hydrogen-bond donors (Lipinski definition) is 1. The first-order valence-electron chi connectivity index (χ1n) is 8.28. The van der Waals surface area contributed by atoms with Gasteiger partial charge in [-0.1, -0.05) is 27.5 Å². The monoisotopic (exact) mass is 479 g/mol. The number of thioether (sulfide) groups is 1. The number of anilines is 1. The van der Waals surface area contributed by atoms with E-state index in [2.05, 4.69) is 21.2 Å².